The lowest BCUT2D eigenvalue weighted by atomic mass is 9.78. The second-order valence-corrected chi connectivity index (χ2v) is 4.26. The lowest BCUT2D eigenvalue weighted by molar-refractivity contribution is -0.127. The first-order chi connectivity index (χ1) is 6.46. The number of hydrogen-bond donors (Lipinski definition) is 0. The third-order valence-electron chi connectivity index (χ3n) is 3.11. The Balaban J connectivity index is 4.08. The minimum Gasteiger partial charge on any atom is -0.300 e. The second-order valence-electron chi connectivity index (χ2n) is 4.26. The molecule has 2 nitrogen and oxygen atoms in total. The standard InChI is InChI=1S/C12H22O2/c1-5-7-11(14)8-9-12(4,6-2)10(3)13/h5-9H2,1-4H3. The molecule has 0 radical (unpaired) electrons. The largest absolute Gasteiger partial charge is 0.300 e. The van der Waals surface area contributed by atoms with Crippen molar-refractivity contribution < 1.29 is 9.59 Å². The first kappa shape index (κ1) is 13.3. The molecule has 14 heavy (non-hydrogen) atoms. The van der Waals surface area contributed by atoms with E-state index in [1.165, 1.54) is 0 Å². The van der Waals surface area contributed by atoms with Gasteiger partial charge in [0.25, 0.3) is 0 Å². The molecule has 0 amide bonds. The average Bonchev–Trinajstić information content (AvgIpc) is 2.14. The molecule has 2 heteroatoms. The van der Waals surface area contributed by atoms with Crippen molar-refractivity contribution in [2.24, 2.45) is 5.41 Å². The highest BCUT2D eigenvalue weighted by Crippen LogP contribution is 2.28. The molecule has 0 aromatic heterocycles. The Hall–Kier alpha value is -0.660. The Bertz CT molecular complexity index is 208. The van der Waals surface area contributed by atoms with Gasteiger partial charge in [-0.15, -0.1) is 0 Å². The Morgan fingerprint density at radius 3 is 2.07 bits per heavy atom. The van der Waals surface area contributed by atoms with Crippen LogP contribution in [-0.4, -0.2) is 11.6 Å². The summed E-state index contributed by atoms with van der Waals surface area (Å²) >= 11 is 0. The molecule has 82 valence electrons. The van der Waals surface area contributed by atoms with E-state index in [0.29, 0.717) is 19.3 Å². The minimum atomic E-state index is -0.288. The van der Waals surface area contributed by atoms with Crippen molar-refractivity contribution in [2.45, 2.75) is 59.8 Å². The van der Waals surface area contributed by atoms with E-state index in [4.69, 9.17) is 0 Å². The van der Waals surface area contributed by atoms with Gasteiger partial charge in [0.15, 0.2) is 0 Å². The van der Waals surface area contributed by atoms with Gasteiger partial charge in [0.2, 0.25) is 0 Å². The van der Waals surface area contributed by atoms with Gasteiger partial charge < -0.3 is 0 Å². The number of carbonyl (C=O) groups is 2. The predicted molar refractivity (Wildman–Crippen MR) is 58.2 cm³/mol. The Morgan fingerprint density at radius 2 is 1.71 bits per heavy atom. The summed E-state index contributed by atoms with van der Waals surface area (Å²) in [6.07, 6.45) is 3.64. The van der Waals surface area contributed by atoms with Crippen LogP contribution in [0, 0.1) is 5.41 Å². The second kappa shape index (κ2) is 5.94. The van der Waals surface area contributed by atoms with E-state index in [9.17, 15) is 9.59 Å². The van der Waals surface area contributed by atoms with E-state index in [1.54, 1.807) is 6.92 Å². The summed E-state index contributed by atoms with van der Waals surface area (Å²) in [5.41, 5.74) is -0.288. The van der Waals surface area contributed by atoms with Crippen LogP contribution in [0.15, 0.2) is 0 Å². The van der Waals surface area contributed by atoms with Gasteiger partial charge in [-0.1, -0.05) is 20.8 Å². The predicted octanol–water partition coefficient (Wildman–Crippen LogP) is 3.14. The molecule has 0 heterocycles. The molecule has 0 fully saturated rings. The van der Waals surface area contributed by atoms with E-state index >= 15 is 0 Å². The van der Waals surface area contributed by atoms with Crippen LogP contribution in [0.25, 0.3) is 0 Å². The molecule has 0 aromatic rings. The van der Waals surface area contributed by atoms with Gasteiger partial charge in [0.1, 0.15) is 11.6 Å². The van der Waals surface area contributed by atoms with Crippen molar-refractivity contribution in [1.82, 2.24) is 0 Å². The summed E-state index contributed by atoms with van der Waals surface area (Å²) in [7, 11) is 0. The molecule has 1 unspecified atom stereocenters. The first-order valence-corrected chi connectivity index (χ1v) is 5.49. The number of hydrogen-bond acceptors (Lipinski definition) is 2. The van der Waals surface area contributed by atoms with Crippen LogP contribution < -0.4 is 0 Å². The maximum absolute atomic E-state index is 11.4. The molecule has 0 saturated carbocycles. The highest BCUT2D eigenvalue weighted by atomic mass is 16.1. The summed E-state index contributed by atoms with van der Waals surface area (Å²) in [5, 5.41) is 0. The normalized spacial score (nSPS) is 14.9. The minimum absolute atomic E-state index is 0.198. The summed E-state index contributed by atoms with van der Waals surface area (Å²) < 4.78 is 0. The Labute approximate surface area is 87.1 Å². The number of rotatable bonds is 7. The molecule has 0 aliphatic rings. The van der Waals surface area contributed by atoms with Crippen molar-refractivity contribution in [1.29, 1.82) is 0 Å². The Kier molecular flexibility index (Phi) is 5.66. The van der Waals surface area contributed by atoms with Crippen LogP contribution in [0.1, 0.15) is 59.8 Å². The molecule has 0 bridgehead atoms. The van der Waals surface area contributed by atoms with Gasteiger partial charge in [-0.3, -0.25) is 9.59 Å². The maximum atomic E-state index is 11.4. The van der Waals surface area contributed by atoms with Crippen molar-refractivity contribution in [2.75, 3.05) is 0 Å². The fourth-order valence-electron chi connectivity index (χ4n) is 1.42. The maximum Gasteiger partial charge on any atom is 0.135 e. The van der Waals surface area contributed by atoms with Crippen LogP contribution in [-0.2, 0) is 9.59 Å². The third kappa shape index (κ3) is 4.03. The van der Waals surface area contributed by atoms with E-state index in [1.807, 2.05) is 20.8 Å². The molecule has 0 spiro atoms. The fraction of sp³-hybridized carbons (Fsp3) is 0.833. The molecule has 0 aliphatic carbocycles. The zero-order valence-corrected chi connectivity index (χ0v) is 9.85. The molecular formula is C12H22O2. The molecule has 0 rings (SSSR count). The highest BCUT2D eigenvalue weighted by Gasteiger charge is 2.27. The SMILES string of the molecule is CCCC(=O)CCC(C)(CC)C(C)=O. The summed E-state index contributed by atoms with van der Waals surface area (Å²) in [6.45, 7) is 7.58. The molecule has 0 aromatic carbocycles. The van der Waals surface area contributed by atoms with Crippen LogP contribution in [0.2, 0.25) is 0 Å². The fourth-order valence-corrected chi connectivity index (χ4v) is 1.42. The molecule has 0 aliphatic heterocycles. The van der Waals surface area contributed by atoms with Crippen LogP contribution >= 0.6 is 0 Å². The van der Waals surface area contributed by atoms with Gasteiger partial charge in [0.05, 0.1) is 0 Å². The average molecular weight is 198 g/mol. The van der Waals surface area contributed by atoms with Gasteiger partial charge in [-0.25, -0.2) is 0 Å². The smallest absolute Gasteiger partial charge is 0.135 e. The lowest BCUT2D eigenvalue weighted by Crippen LogP contribution is -2.25. The quantitative estimate of drug-likeness (QED) is 0.629. The van der Waals surface area contributed by atoms with E-state index in [-0.39, 0.29) is 17.0 Å². The lowest BCUT2D eigenvalue weighted by Gasteiger charge is -2.24. The van der Waals surface area contributed by atoms with Crippen LogP contribution in [0.5, 0.6) is 0 Å². The highest BCUT2D eigenvalue weighted by molar-refractivity contribution is 5.83. The zero-order valence-electron chi connectivity index (χ0n) is 9.85. The zero-order chi connectivity index (χ0) is 11.2. The molecule has 1 atom stereocenters. The molecular weight excluding hydrogens is 176 g/mol. The van der Waals surface area contributed by atoms with Gasteiger partial charge in [-0.05, 0) is 26.2 Å². The van der Waals surface area contributed by atoms with Gasteiger partial charge in [-0.2, -0.15) is 0 Å². The van der Waals surface area contributed by atoms with Crippen molar-refractivity contribution in [3.05, 3.63) is 0 Å². The number of ketones is 2. The topological polar surface area (TPSA) is 34.1 Å². The Morgan fingerprint density at radius 1 is 1.14 bits per heavy atom. The summed E-state index contributed by atoms with van der Waals surface area (Å²) in [6, 6.07) is 0. The first-order valence-electron chi connectivity index (χ1n) is 5.49. The molecule has 0 N–H and O–H groups in total. The van der Waals surface area contributed by atoms with Crippen molar-refractivity contribution in [3.63, 3.8) is 0 Å². The van der Waals surface area contributed by atoms with Crippen molar-refractivity contribution >= 4 is 11.6 Å². The third-order valence-corrected chi connectivity index (χ3v) is 3.11. The number of carbonyl (C=O) groups excluding carboxylic acids is 2. The van der Waals surface area contributed by atoms with E-state index in [2.05, 4.69) is 0 Å². The summed E-state index contributed by atoms with van der Waals surface area (Å²) in [4.78, 5) is 22.7. The van der Waals surface area contributed by atoms with Crippen molar-refractivity contribution in [3.8, 4) is 0 Å². The summed E-state index contributed by atoms with van der Waals surface area (Å²) in [5.74, 6) is 0.484. The number of Topliss-reactive ketones (excluding diaryl/α,β-unsaturated/α-hetero) is 2. The van der Waals surface area contributed by atoms with Crippen LogP contribution in [0.3, 0.4) is 0 Å². The van der Waals surface area contributed by atoms with E-state index in [0.717, 1.165) is 12.8 Å². The monoisotopic (exact) mass is 198 g/mol. The van der Waals surface area contributed by atoms with Gasteiger partial charge >= 0.3 is 0 Å². The van der Waals surface area contributed by atoms with E-state index < -0.39 is 0 Å². The molecule has 0 saturated heterocycles. The van der Waals surface area contributed by atoms with Gasteiger partial charge in [0, 0.05) is 18.3 Å². The van der Waals surface area contributed by atoms with Crippen LogP contribution in [0.4, 0.5) is 0 Å².